The highest BCUT2D eigenvalue weighted by atomic mass is 16.3. The lowest BCUT2D eigenvalue weighted by molar-refractivity contribution is 0.191. The monoisotopic (exact) mass is 354 g/mol. The van der Waals surface area contributed by atoms with Crippen molar-refractivity contribution in [1.82, 2.24) is 15.5 Å². The number of aliphatic imine (C=N–C) groups is 1. The first-order chi connectivity index (χ1) is 12.0. The van der Waals surface area contributed by atoms with Crippen molar-refractivity contribution < 1.29 is 5.11 Å². The second kappa shape index (κ2) is 13.4. The minimum absolute atomic E-state index is 0.255. The van der Waals surface area contributed by atoms with Crippen molar-refractivity contribution in [2.75, 3.05) is 45.9 Å². The zero-order chi connectivity index (χ0) is 18.5. The normalized spacial score (nSPS) is 18.6. The van der Waals surface area contributed by atoms with Gasteiger partial charge in [-0.1, -0.05) is 20.8 Å². The van der Waals surface area contributed by atoms with E-state index >= 15 is 0 Å². The van der Waals surface area contributed by atoms with E-state index in [1.807, 2.05) is 0 Å². The van der Waals surface area contributed by atoms with Crippen LogP contribution in [-0.2, 0) is 0 Å². The van der Waals surface area contributed by atoms with Crippen molar-refractivity contribution in [2.24, 2.45) is 22.7 Å². The Balaban J connectivity index is 2.31. The number of rotatable bonds is 11. The molecule has 1 aliphatic rings. The fraction of sp³-hybridized carbons (Fsp3) is 0.950. The molecule has 1 heterocycles. The molecule has 0 bridgehead atoms. The third-order valence-corrected chi connectivity index (χ3v) is 5.01. The molecule has 3 N–H and O–H groups in total. The third kappa shape index (κ3) is 10.7. The molecule has 0 spiro atoms. The van der Waals surface area contributed by atoms with Crippen LogP contribution in [0, 0.1) is 17.8 Å². The Morgan fingerprint density at radius 3 is 2.56 bits per heavy atom. The van der Waals surface area contributed by atoms with E-state index in [1.165, 1.54) is 32.5 Å². The summed E-state index contributed by atoms with van der Waals surface area (Å²) in [6, 6.07) is 0. The number of nitrogens with one attached hydrogen (secondary N) is 2. The maximum absolute atomic E-state index is 9.25. The van der Waals surface area contributed by atoms with Crippen LogP contribution in [0.3, 0.4) is 0 Å². The van der Waals surface area contributed by atoms with Gasteiger partial charge in [0.15, 0.2) is 5.96 Å². The maximum atomic E-state index is 9.25. The number of aliphatic hydroxyl groups is 1. The Labute approximate surface area is 155 Å². The summed E-state index contributed by atoms with van der Waals surface area (Å²) in [6.45, 7) is 15.5. The van der Waals surface area contributed by atoms with Gasteiger partial charge in [-0.25, -0.2) is 0 Å². The molecule has 5 nitrogen and oxygen atoms in total. The molecule has 5 heteroatoms. The first kappa shape index (κ1) is 22.2. The molecule has 0 amide bonds. The lowest BCUT2D eigenvalue weighted by Gasteiger charge is -2.30. The number of hydrogen-bond donors (Lipinski definition) is 3. The first-order valence-electron chi connectivity index (χ1n) is 10.4. The van der Waals surface area contributed by atoms with E-state index in [4.69, 9.17) is 4.99 Å². The van der Waals surface area contributed by atoms with Crippen molar-refractivity contribution in [3.63, 3.8) is 0 Å². The molecule has 1 aliphatic heterocycles. The number of nitrogens with zero attached hydrogens (tertiary/aromatic N) is 2. The SMILES string of the molecule is CCNC(=NCC(CCO)CC(C)C)NCCCN1CCC(C)CC1. The van der Waals surface area contributed by atoms with Crippen LogP contribution in [0.25, 0.3) is 0 Å². The molecule has 148 valence electrons. The van der Waals surface area contributed by atoms with Gasteiger partial charge in [0.05, 0.1) is 0 Å². The van der Waals surface area contributed by atoms with Crippen LogP contribution in [0.1, 0.15) is 59.8 Å². The summed E-state index contributed by atoms with van der Waals surface area (Å²) < 4.78 is 0. The first-order valence-corrected chi connectivity index (χ1v) is 10.4. The fourth-order valence-electron chi connectivity index (χ4n) is 3.49. The molecule has 0 saturated carbocycles. The van der Waals surface area contributed by atoms with Gasteiger partial charge in [0.1, 0.15) is 0 Å². The van der Waals surface area contributed by atoms with Crippen molar-refractivity contribution in [2.45, 2.75) is 59.8 Å². The topological polar surface area (TPSA) is 59.9 Å². The third-order valence-electron chi connectivity index (χ3n) is 5.01. The van der Waals surface area contributed by atoms with Gasteiger partial charge in [-0.3, -0.25) is 4.99 Å². The fourth-order valence-corrected chi connectivity index (χ4v) is 3.49. The van der Waals surface area contributed by atoms with E-state index in [0.717, 1.165) is 50.8 Å². The minimum Gasteiger partial charge on any atom is -0.396 e. The lowest BCUT2D eigenvalue weighted by Crippen LogP contribution is -2.40. The van der Waals surface area contributed by atoms with Crippen molar-refractivity contribution >= 4 is 5.96 Å². The predicted molar refractivity (Wildman–Crippen MR) is 108 cm³/mol. The summed E-state index contributed by atoms with van der Waals surface area (Å²) in [5, 5.41) is 16.1. The quantitative estimate of drug-likeness (QED) is 0.303. The molecule has 0 aromatic rings. The highest BCUT2D eigenvalue weighted by Gasteiger charge is 2.15. The van der Waals surface area contributed by atoms with Gasteiger partial charge in [0.2, 0.25) is 0 Å². The molecular formula is C20H42N4O. The van der Waals surface area contributed by atoms with Crippen molar-refractivity contribution in [3.8, 4) is 0 Å². The Morgan fingerprint density at radius 2 is 1.96 bits per heavy atom. The molecule has 1 fully saturated rings. The van der Waals surface area contributed by atoms with Crippen LogP contribution in [-0.4, -0.2) is 61.8 Å². The van der Waals surface area contributed by atoms with Crippen LogP contribution in [0.2, 0.25) is 0 Å². The second-order valence-electron chi connectivity index (χ2n) is 8.03. The summed E-state index contributed by atoms with van der Waals surface area (Å²) >= 11 is 0. The summed E-state index contributed by atoms with van der Waals surface area (Å²) in [6.07, 6.45) is 5.81. The lowest BCUT2D eigenvalue weighted by atomic mass is 9.94. The van der Waals surface area contributed by atoms with Gasteiger partial charge in [0, 0.05) is 26.2 Å². The average Bonchev–Trinajstić information content (AvgIpc) is 2.57. The molecule has 0 aromatic carbocycles. The van der Waals surface area contributed by atoms with Gasteiger partial charge in [0.25, 0.3) is 0 Å². The molecular weight excluding hydrogens is 312 g/mol. The van der Waals surface area contributed by atoms with Crippen molar-refractivity contribution in [1.29, 1.82) is 0 Å². The van der Waals surface area contributed by atoms with E-state index < -0.39 is 0 Å². The van der Waals surface area contributed by atoms with E-state index in [-0.39, 0.29) is 6.61 Å². The highest BCUT2D eigenvalue weighted by molar-refractivity contribution is 5.79. The smallest absolute Gasteiger partial charge is 0.191 e. The van der Waals surface area contributed by atoms with Gasteiger partial charge < -0.3 is 20.6 Å². The van der Waals surface area contributed by atoms with E-state index in [2.05, 4.69) is 43.2 Å². The number of likely N-dealkylation sites (tertiary alicyclic amines) is 1. The molecule has 1 saturated heterocycles. The molecule has 0 aliphatic carbocycles. The Bertz CT molecular complexity index is 352. The molecule has 0 aromatic heterocycles. The second-order valence-corrected chi connectivity index (χ2v) is 8.03. The van der Waals surface area contributed by atoms with E-state index in [0.29, 0.717) is 11.8 Å². The highest BCUT2D eigenvalue weighted by Crippen LogP contribution is 2.16. The Kier molecular flexibility index (Phi) is 11.9. The molecule has 0 radical (unpaired) electrons. The summed E-state index contributed by atoms with van der Waals surface area (Å²) in [4.78, 5) is 7.34. The van der Waals surface area contributed by atoms with Crippen molar-refractivity contribution in [3.05, 3.63) is 0 Å². The van der Waals surface area contributed by atoms with Crippen LogP contribution in [0.4, 0.5) is 0 Å². The molecule has 1 atom stereocenters. The summed E-state index contributed by atoms with van der Waals surface area (Å²) in [7, 11) is 0. The van der Waals surface area contributed by atoms with E-state index in [1.54, 1.807) is 0 Å². The van der Waals surface area contributed by atoms with Crippen LogP contribution in [0.5, 0.6) is 0 Å². The van der Waals surface area contributed by atoms with E-state index in [9.17, 15) is 5.11 Å². The number of aliphatic hydroxyl groups excluding tert-OH is 1. The summed E-state index contributed by atoms with van der Waals surface area (Å²) in [5.41, 5.74) is 0. The Morgan fingerprint density at radius 1 is 1.24 bits per heavy atom. The minimum atomic E-state index is 0.255. The van der Waals surface area contributed by atoms with Gasteiger partial charge in [-0.05, 0) is 76.4 Å². The molecule has 1 unspecified atom stereocenters. The number of piperidine rings is 1. The summed E-state index contributed by atoms with van der Waals surface area (Å²) in [5.74, 6) is 2.94. The Hall–Kier alpha value is -0.810. The maximum Gasteiger partial charge on any atom is 0.191 e. The molecule has 25 heavy (non-hydrogen) atoms. The van der Waals surface area contributed by atoms with Crippen LogP contribution < -0.4 is 10.6 Å². The van der Waals surface area contributed by atoms with Gasteiger partial charge >= 0.3 is 0 Å². The largest absolute Gasteiger partial charge is 0.396 e. The standard InChI is InChI=1S/C20H42N4O/c1-5-21-20(23-16-19(9-14-25)15-17(2)3)22-10-6-11-24-12-7-18(4)8-13-24/h17-19,25H,5-16H2,1-4H3,(H2,21,22,23). The zero-order valence-electron chi connectivity index (χ0n) is 17.1. The van der Waals surface area contributed by atoms with Gasteiger partial charge in [-0.2, -0.15) is 0 Å². The zero-order valence-corrected chi connectivity index (χ0v) is 17.1. The van der Waals surface area contributed by atoms with Crippen LogP contribution in [0.15, 0.2) is 4.99 Å². The number of hydrogen-bond acceptors (Lipinski definition) is 3. The predicted octanol–water partition coefficient (Wildman–Crippen LogP) is 2.71. The van der Waals surface area contributed by atoms with Crippen LogP contribution >= 0.6 is 0 Å². The molecule has 1 rings (SSSR count). The average molecular weight is 355 g/mol. The van der Waals surface area contributed by atoms with Gasteiger partial charge in [-0.15, -0.1) is 0 Å². The number of guanidine groups is 1.